The summed E-state index contributed by atoms with van der Waals surface area (Å²) in [4.78, 5) is 8.74. The van der Waals surface area contributed by atoms with Gasteiger partial charge in [0.1, 0.15) is 0 Å². The van der Waals surface area contributed by atoms with Crippen LogP contribution in [0.15, 0.2) is 29.4 Å². The van der Waals surface area contributed by atoms with Gasteiger partial charge in [-0.1, -0.05) is 25.3 Å². The highest BCUT2D eigenvalue weighted by Gasteiger charge is 2.14. The quantitative estimate of drug-likeness (QED) is 0.449. The number of thiocarbonyl (C=S) groups is 1. The molecule has 0 atom stereocenters. The molecule has 108 valence electrons. The molecule has 1 heterocycles. The Morgan fingerprint density at radius 1 is 1.35 bits per heavy atom. The number of pyridine rings is 1. The first-order valence-electron chi connectivity index (χ1n) is 7.01. The predicted molar refractivity (Wildman–Crippen MR) is 85.3 cm³/mol. The number of nitrogens with two attached hydrogens (primary N) is 1. The van der Waals surface area contributed by atoms with Crippen LogP contribution in [-0.4, -0.2) is 22.1 Å². The Kier molecular flexibility index (Phi) is 5.73. The van der Waals surface area contributed by atoms with Crippen LogP contribution in [0.4, 0.5) is 0 Å². The minimum atomic E-state index is 0.230. The predicted octanol–water partition coefficient (Wildman–Crippen LogP) is 1.69. The average Bonchev–Trinajstić information content (AvgIpc) is 2.46. The van der Waals surface area contributed by atoms with Gasteiger partial charge in [-0.3, -0.25) is 4.98 Å². The molecule has 6 heteroatoms. The van der Waals surface area contributed by atoms with Crippen molar-refractivity contribution in [2.45, 2.75) is 44.7 Å². The fourth-order valence-electron chi connectivity index (χ4n) is 2.33. The highest BCUT2D eigenvalue weighted by molar-refractivity contribution is 7.80. The highest BCUT2D eigenvalue weighted by atomic mass is 32.1. The van der Waals surface area contributed by atoms with Gasteiger partial charge in [-0.25, -0.2) is 4.99 Å². The second-order valence-corrected chi connectivity index (χ2v) is 5.39. The van der Waals surface area contributed by atoms with Crippen molar-refractivity contribution in [2.24, 2.45) is 10.7 Å². The summed E-state index contributed by atoms with van der Waals surface area (Å²) in [5, 5.41) is 6.55. The third kappa shape index (κ3) is 5.13. The lowest BCUT2D eigenvalue weighted by atomic mass is 9.96. The number of nitrogens with one attached hydrogen (secondary N) is 2. The average molecular weight is 291 g/mol. The van der Waals surface area contributed by atoms with Crippen LogP contribution in [0.1, 0.15) is 37.8 Å². The fourth-order valence-corrected chi connectivity index (χ4v) is 2.43. The van der Waals surface area contributed by atoms with E-state index in [2.05, 4.69) is 20.6 Å². The van der Waals surface area contributed by atoms with Gasteiger partial charge in [-0.2, -0.15) is 0 Å². The molecule has 0 aliphatic heterocycles. The van der Waals surface area contributed by atoms with Crippen LogP contribution in [0.2, 0.25) is 0 Å². The van der Waals surface area contributed by atoms with Crippen molar-refractivity contribution in [1.29, 1.82) is 0 Å². The molecule has 1 aliphatic rings. The first-order valence-corrected chi connectivity index (χ1v) is 7.42. The molecule has 0 saturated heterocycles. The Morgan fingerprint density at radius 3 is 2.80 bits per heavy atom. The van der Waals surface area contributed by atoms with E-state index in [4.69, 9.17) is 18.0 Å². The summed E-state index contributed by atoms with van der Waals surface area (Å²) in [6, 6.07) is 6.24. The lowest BCUT2D eigenvalue weighted by Gasteiger charge is -2.24. The lowest BCUT2D eigenvalue weighted by molar-refractivity contribution is 0.411. The Bertz CT molecular complexity index is 454. The van der Waals surface area contributed by atoms with Crippen LogP contribution in [0.25, 0.3) is 0 Å². The van der Waals surface area contributed by atoms with Gasteiger partial charge in [0, 0.05) is 12.2 Å². The molecule has 1 aromatic rings. The van der Waals surface area contributed by atoms with Crippen molar-refractivity contribution in [3.8, 4) is 0 Å². The molecule has 0 spiro atoms. The van der Waals surface area contributed by atoms with Gasteiger partial charge in [0.15, 0.2) is 11.1 Å². The van der Waals surface area contributed by atoms with Gasteiger partial charge in [0.25, 0.3) is 0 Å². The van der Waals surface area contributed by atoms with Gasteiger partial charge < -0.3 is 16.4 Å². The molecule has 5 nitrogen and oxygen atoms in total. The zero-order valence-electron chi connectivity index (χ0n) is 11.5. The Hall–Kier alpha value is -1.69. The smallest absolute Gasteiger partial charge is 0.198 e. The number of guanidine groups is 1. The number of hydrogen-bond donors (Lipinski definition) is 3. The van der Waals surface area contributed by atoms with Crippen LogP contribution < -0.4 is 16.4 Å². The summed E-state index contributed by atoms with van der Waals surface area (Å²) < 4.78 is 0. The summed E-state index contributed by atoms with van der Waals surface area (Å²) in [6.45, 7) is 0.505. The summed E-state index contributed by atoms with van der Waals surface area (Å²) in [5.41, 5.74) is 6.47. The van der Waals surface area contributed by atoms with E-state index in [0.717, 1.165) is 5.69 Å². The van der Waals surface area contributed by atoms with Crippen molar-refractivity contribution in [1.82, 2.24) is 15.6 Å². The second-order valence-electron chi connectivity index (χ2n) is 4.95. The molecule has 0 bridgehead atoms. The van der Waals surface area contributed by atoms with E-state index in [1.807, 2.05) is 18.2 Å². The maximum Gasteiger partial charge on any atom is 0.198 e. The third-order valence-corrected chi connectivity index (χ3v) is 3.41. The maximum absolute atomic E-state index is 5.55. The zero-order valence-corrected chi connectivity index (χ0v) is 12.3. The summed E-state index contributed by atoms with van der Waals surface area (Å²) >= 11 is 4.90. The largest absolute Gasteiger partial charge is 0.376 e. The van der Waals surface area contributed by atoms with Crippen LogP contribution in [0, 0.1) is 0 Å². The van der Waals surface area contributed by atoms with E-state index in [1.54, 1.807) is 6.20 Å². The molecule has 1 aliphatic carbocycles. The number of nitrogens with zero attached hydrogens (tertiary/aromatic N) is 2. The fraction of sp³-hybridized carbons (Fsp3) is 0.500. The van der Waals surface area contributed by atoms with Crippen LogP contribution in [0.3, 0.4) is 0 Å². The van der Waals surface area contributed by atoms with Crippen molar-refractivity contribution in [3.63, 3.8) is 0 Å². The van der Waals surface area contributed by atoms with Crippen molar-refractivity contribution < 1.29 is 0 Å². The molecule has 1 fully saturated rings. The Balaban J connectivity index is 1.96. The monoisotopic (exact) mass is 291 g/mol. The van der Waals surface area contributed by atoms with E-state index in [0.29, 0.717) is 18.5 Å². The first-order chi connectivity index (χ1) is 9.74. The molecule has 1 aromatic heterocycles. The SMILES string of the molecule is NC(=S)NC(=NCc1ccccn1)NC1CCCCC1. The molecule has 1 saturated carbocycles. The highest BCUT2D eigenvalue weighted by Crippen LogP contribution is 2.17. The Labute approximate surface area is 125 Å². The van der Waals surface area contributed by atoms with E-state index < -0.39 is 0 Å². The molecule has 0 amide bonds. The molecule has 0 aromatic carbocycles. The van der Waals surface area contributed by atoms with Crippen LogP contribution in [0.5, 0.6) is 0 Å². The van der Waals surface area contributed by atoms with Gasteiger partial charge in [0.2, 0.25) is 0 Å². The molecule has 20 heavy (non-hydrogen) atoms. The minimum Gasteiger partial charge on any atom is -0.376 e. The zero-order chi connectivity index (χ0) is 14.2. The van der Waals surface area contributed by atoms with Crippen molar-refractivity contribution >= 4 is 23.3 Å². The standard InChI is InChI=1S/C14H21N5S/c15-13(20)19-14(18-11-6-2-1-3-7-11)17-10-12-8-4-5-9-16-12/h4-5,8-9,11H,1-3,6-7,10H2,(H4,15,17,18,19,20). The van der Waals surface area contributed by atoms with Crippen molar-refractivity contribution in [3.05, 3.63) is 30.1 Å². The van der Waals surface area contributed by atoms with E-state index in [-0.39, 0.29) is 5.11 Å². The molecular weight excluding hydrogens is 270 g/mol. The summed E-state index contributed by atoms with van der Waals surface area (Å²) in [7, 11) is 0. The number of aliphatic imine (C=N–C) groups is 1. The lowest BCUT2D eigenvalue weighted by Crippen LogP contribution is -2.48. The van der Waals surface area contributed by atoms with Gasteiger partial charge >= 0.3 is 0 Å². The molecular formula is C14H21N5S. The minimum absolute atomic E-state index is 0.230. The van der Waals surface area contributed by atoms with Crippen LogP contribution in [-0.2, 0) is 6.54 Å². The van der Waals surface area contributed by atoms with Gasteiger partial charge in [-0.05, 0) is 37.2 Å². The number of hydrogen-bond acceptors (Lipinski definition) is 3. The van der Waals surface area contributed by atoms with Gasteiger partial charge in [0.05, 0.1) is 12.2 Å². The molecule has 4 N–H and O–H groups in total. The molecule has 0 radical (unpaired) electrons. The van der Waals surface area contributed by atoms with Gasteiger partial charge in [-0.15, -0.1) is 0 Å². The second kappa shape index (κ2) is 7.79. The van der Waals surface area contributed by atoms with Crippen molar-refractivity contribution in [2.75, 3.05) is 0 Å². The maximum atomic E-state index is 5.55. The van der Waals surface area contributed by atoms with E-state index in [1.165, 1.54) is 32.1 Å². The van der Waals surface area contributed by atoms with Crippen LogP contribution >= 0.6 is 12.2 Å². The topological polar surface area (TPSA) is 75.3 Å². The number of rotatable bonds is 3. The number of aromatic nitrogens is 1. The normalized spacial score (nSPS) is 16.7. The molecule has 0 unspecified atom stereocenters. The Morgan fingerprint density at radius 2 is 2.15 bits per heavy atom. The van der Waals surface area contributed by atoms with E-state index >= 15 is 0 Å². The van der Waals surface area contributed by atoms with E-state index in [9.17, 15) is 0 Å². The first kappa shape index (κ1) is 14.7. The summed E-state index contributed by atoms with van der Waals surface area (Å²) in [5.74, 6) is 0.648. The summed E-state index contributed by atoms with van der Waals surface area (Å²) in [6.07, 6.45) is 7.95. The third-order valence-electron chi connectivity index (χ3n) is 3.31. The molecule has 2 rings (SSSR count).